The highest BCUT2D eigenvalue weighted by molar-refractivity contribution is 7.89. The van der Waals surface area contributed by atoms with E-state index in [9.17, 15) is 28.0 Å². The third-order valence-corrected chi connectivity index (χ3v) is 6.93. The van der Waals surface area contributed by atoms with Crippen molar-refractivity contribution in [1.29, 1.82) is 0 Å². The fraction of sp³-hybridized carbons (Fsp3) is 0.556. The molecule has 0 spiro atoms. The van der Waals surface area contributed by atoms with E-state index in [4.69, 9.17) is 5.73 Å². The Morgan fingerprint density at radius 2 is 2.10 bits per heavy atom. The van der Waals surface area contributed by atoms with Crippen molar-refractivity contribution in [3.8, 4) is 0 Å². The maximum atomic E-state index is 13.2. The number of hydrogen-bond acceptors (Lipinski definition) is 6. The van der Waals surface area contributed by atoms with E-state index in [1.54, 1.807) is 13.8 Å². The van der Waals surface area contributed by atoms with Crippen molar-refractivity contribution in [3.63, 3.8) is 0 Å². The highest BCUT2D eigenvalue weighted by Crippen LogP contribution is 2.25. The number of pyridine rings is 1. The van der Waals surface area contributed by atoms with Crippen LogP contribution in [0, 0.1) is 11.1 Å². The number of primary amides is 1. The van der Waals surface area contributed by atoms with Gasteiger partial charge in [0.25, 0.3) is 0 Å². The summed E-state index contributed by atoms with van der Waals surface area (Å²) in [4.78, 5) is 36.1. The van der Waals surface area contributed by atoms with E-state index in [0.29, 0.717) is 12.8 Å². The van der Waals surface area contributed by atoms with Crippen LogP contribution in [-0.2, 0) is 24.4 Å². The number of sulfonamides is 1. The van der Waals surface area contributed by atoms with Gasteiger partial charge in [-0.25, -0.2) is 8.42 Å². The first-order valence-electron chi connectivity index (χ1n) is 9.38. The van der Waals surface area contributed by atoms with Crippen LogP contribution in [0.5, 0.6) is 0 Å². The van der Waals surface area contributed by atoms with Crippen LogP contribution in [-0.4, -0.2) is 42.5 Å². The van der Waals surface area contributed by atoms with Crippen LogP contribution in [0.4, 0.5) is 0 Å². The van der Waals surface area contributed by atoms with E-state index in [1.165, 1.54) is 12.1 Å². The Bertz CT molecular complexity index is 888. The van der Waals surface area contributed by atoms with Gasteiger partial charge < -0.3 is 16.3 Å². The first kappa shape index (κ1) is 22.8. The van der Waals surface area contributed by atoms with Gasteiger partial charge in [0.05, 0.1) is 0 Å². The maximum Gasteiger partial charge on any atom is 0.323 e. The Balaban J connectivity index is 2.33. The van der Waals surface area contributed by atoms with Crippen LogP contribution < -0.4 is 15.8 Å². The van der Waals surface area contributed by atoms with Crippen LogP contribution in [0.1, 0.15) is 46.0 Å². The molecule has 1 aliphatic heterocycles. The zero-order valence-corrected chi connectivity index (χ0v) is 17.2. The second-order valence-corrected chi connectivity index (χ2v) is 9.01. The van der Waals surface area contributed by atoms with E-state index < -0.39 is 50.8 Å². The van der Waals surface area contributed by atoms with Gasteiger partial charge in [-0.2, -0.15) is 9.04 Å². The SMILES string of the molecule is CC(CCC(=O)N[C@@H]1C(=O)CCC[C@@H](C)N1S(=O)(=O)c1cccc[n+]1[O-])C(N)=O. The molecular formula is C18H26N4O6S. The summed E-state index contributed by atoms with van der Waals surface area (Å²) in [6.45, 7) is 3.20. The molecule has 11 heteroatoms. The third-order valence-electron chi connectivity index (χ3n) is 4.96. The van der Waals surface area contributed by atoms with Gasteiger partial charge in [0.15, 0.2) is 18.1 Å². The number of hydrogen-bond donors (Lipinski definition) is 2. The molecule has 0 bridgehead atoms. The molecular weight excluding hydrogens is 400 g/mol. The van der Waals surface area contributed by atoms with Gasteiger partial charge in [-0.15, -0.1) is 0 Å². The molecule has 2 rings (SSSR count). The van der Waals surface area contributed by atoms with Gasteiger partial charge in [-0.05, 0) is 32.3 Å². The molecule has 1 aromatic heterocycles. The minimum atomic E-state index is -4.36. The molecule has 0 saturated carbocycles. The van der Waals surface area contributed by atoms with Crippen LogP contribution in [0.25, 0.3) is 0 Å². The lowest BCUT2D eigenvalue weighted by atomic mass is 10.0. The highest BCUT2D eigenvalue weighted by atomic mass is 32.2. The normalized spacial score (nSPS) is 21.9. The summed E-state index contributed by atoms with van der Waals surface area (Å²) >= 11 is 0. The van der Waals surface area contributed by atoms with Gasteiger partial charge in [0.2, 0.25) is 11.8 Å². The molecule has 3 atom stereocenters. The molecule has 1 unspecified atom stereocenters. The summed E-state index contributed by atoms with van der Waals surface area (Å²) in [6.07, 6.45) is 0.674. The van der Waals surface area contributed by atoms with Gasteiger partial charge in [0.1, 0.15) is 0 Å². The Labute approximate surface area is 169 Å². The van der Waals surface area contributed by atoms with Crippen molar-refractivity contribution in [2.45, 2.75) is 63.2 Å². The minimum Gasteiger partial charge on any atom is -0.618 e. The smallest absolute Gasteiger partial charge is 0.323 e. The standard InChI is InChI=1S/C18H26N4O6S/c1-12(17(19)25)9-10-15(24)20-18-14(23)7-5-6-13(2)22(18)29(27,28)16-8-3-4-11-21(16)26/h3-4,8,11-13,18H,5-7,9-10H2,1-2H3,(H2,19,25)(H,20,24)/t12?,13-,18+/m1/s1. The molecule has 160 valence electrons. The molecule has 0 aliphatic carbocycles. The van der Waals surface area contributed by atoms with Gasteiger partial charge >= 0.3 is 15.0 Å². The molecule has 1 saturated heterocycles. The molecule has 1 fully saturated rings. The van der Waals surface area contributed by atoms with Crippen molar-refractivity contribution in [3.05, 3.63) is 29.6 Å². The largest absolute Gasteiger partial charge is 0.618 e. The lowest BCUT2D eigenvalue weighted by molar-refractivity contribution is -0.646. The second kappa shape index (κ2) is 9.31. The van der Waals surface area contributed by atoms with E-state index >= 15 is 0 Å². The van der Waals surface area contributed by atoms with E-state index in [-0.39, 0.29) is 24.0 Å². The molecule has 29 heavy (non-hydrogen) atoms. The number of ketones is 1. The summed E-state index contributed by atoms with van der Waals surface area (Å²) in [5.41, 5.74) is 5.18. The predicted octanol–water partition coefficient (Wildman–Crippen LogP) is -0.204. The number of rotatable bonds is 7. The van der Waals surface area contributed by atoms with Crippen molar-refractivity contribution in [1.82, 2.24) is 9.62 Å². The molecule has 10 nitrogen and oxygen atoms in total. The average Bonchev–Trinajstić information content (AvgIpc) is 2.78. The minimum absolute atomic E-state index is 0.0942. The fourth-order valence-electron chi connectivity index (χ4n) is 3.19. The number of carbonyl (C=O) groups is 3. The highest BCUT2D eigenvalue weighted by Gasteiger charge is 2.44. The molecule has 1 aliphatic rings. The predicted molar refractivity (Wildman–Crippen MR) is 102 cm³/mol. The molecule has 0 radical (unpaired) electrons. The Kier molecular flexibility index (Phi) is 7.31. The van der Waals surface area contributed by atoms with Gasteiger partial charge in [-0.3, -0.25) is 14.4 Å². The Morgan fingerprint density at radius 3 is 2.72 bits per heavy atom. The molecule has 2 amide bonds. The molecule has 0 aromatic carbocycles. The monoisotopic (exact) mass is 426 g/mol. The van der Waals surface area contributed by atoms with Crippen LogP contribution in [0.3, 0.4) is 0 Å². The quantitative estimate of drug-likeness (QED) is 0.454. The topological polar surface area (TPSA) is 154 Å². The number of nitrogens with zero attached hydrogens (tertiary/aromatic N) is 2. The van der Waals surface area contributed by atoms with Crippen molar-refractivity contribution in [2.75, 3.05) is 0 Å². The summed E-state index contributed by atoms with van der Waals surface area (Å²) in [5.74, 6) is -2.12. The molecule has 1 aromatic rings. The number of aromatic nitrogens is 1. The summed E-state index contributed by atoms with van der Waals surface area (Å²) in [5, 5.41) is 14.0. The average molecular weight is 426 g/mol. The number of Topliss-reactive ketones (excluding diaryl/α,β-unsaturated/α-hetero) is 1. The van der Waals surface area contributed by atoms with Crippen LogP contribution >= 0.6 is 0 Å². The zero-order valence-electron chi connectivity index (χ0n) is 16.4. The lowest BCUT2D eigenvalue weighted by Gasteiger charge is -2.32. The van der Waals surface area contributed by atoms with Crippen molar-refractivity contribution >= 4 is 27.6 Å². The van der Waals surface area contributed by atoms with E-state index in [0.717, 1.165) is 16.6 Å². The Morgan fingerprint density at radius 1 is 1.41 bits per heavy atom. The Hall–Kier alpha value is -2.53. The summed E-state index contributed by atoms with van der Waals surface area (Å²) in [6, 6.07) is 3.34. The maximum absolute atomic E-state index is 13.2. The van der Waals surface area contributed by atoms with Crippen molar-refractivity contribution in [2.24, 2.45) is 11.7 Å². The first-order valence-corrected chi connectivity index (χ1v) is 10.8. The van der Waals surface area contributed by atoms with Crippen LogP contribution in [0.2, 0.25) is 0 Å². The number of nitrogens with one attached hydrogen (secondary N) is 1. The third kappa shape index (κ3) is 5.30. The number of nitrogens with two attached hydrogens (primary N) is 1. The summed E-state index contributed by atoms with van der Waals surface area (Å²) in [7, 11) is -4.36. The van der Waals surface area contributed by atoms with Crippen molar-refractivity contribution < 1.29 is 27.5 Å². The van der Waals surface area contributed by atoms with E-state index in [2.05, 4.69) is 5.32 Å². The summed E-state index contributed by atoms with van der Waals surface area (Å²) < 4.78 is 27.5. The first-order chi connectivity index (χ1) is 13.6. The van der Waals surface area contributed by atoms with Gasteiger partial charge in [0, 0.05) is 36.9 Å². The van der Waals surface area contributed by atoms with E-state index in [1.807, 2.05) is 0 Å². The van der Waals surface area contributed by atoms with Gasteiger partial charge in [-0.1, -0.05) is 6.92 Å². The molecule has 3 N–H and O–H groups in total. The van der Waals surface area contributed by atoms with Crippen LogP contribution in [0.15, 0.2) is 29.4 Å². The zero-order chi connectivity index (χ0) is 21.8. The number of amides is 2. The second-order valence-electron chi connectivity index (χ2n) is 7.22. The lowest BCUT2D eigenvalue weighted by Crippen LogP contribution is -2.58. The fourth-order valence-corrected chi connectivity index (χ4v) is 4.97. The molecule has 2 heterocycles. The number of carbonyl (C=O) groups excluding carboxylic acids is 3.